The molecule has 3 heterocycles. The van der Waals surface area contributed by atoms with Crippen molar-refractivity contribution in [3.05, 3.63) is 59.5 Å². The Balaban J connectivity index is 1.34. The molecule has 0 saturated carbocycles. The molecule has 1 aliphatic rings. The van der Waals surface area contributed by atoms with E-state index in [-0.39, 0.29) is 18.5 Å². The van der Waals surface area contributed by atoms with E-state index >= 15 is 0 Å². The lowest BCUT2D eigenvalue weighted by Crippen LogP contribution is -2.50. The fourth-order valence-corrected chi connectivity index (χ4v) is 5.22. The summed E-state index contributed by atoms with van der Waals surface area (Å²) >= 11 is 1.21. The van der Waals surface area contributed by atoms with Gasteiger partial charge in [0.1, 0.15) is 28.1 Å². The van der Waals surface area contributed by atoms with Gasteiger partial charge < -0.3 is 4.74 Å². The van der Waals surface area contributed by atoms with E-state index in [1.165, 1.54) is 27.8 Å². The van der Waals surface area contributed by atoms with Gasteiger partial charge in [0.2, 0.25) is 0 Å². The highest BCUT2D eigenvalue weighted by molar-refractivity contribution is 7.91. The summed E-state index contributed by atoms with van der Waals surface area (Å²) in [5.41, 5.74) is 0.619. The fourth-order valence-electron chi connectivity index (χ4n) is 2.56. The molecule has 1 aromatic carbocycles. The molecular formula is C16H15FN4O3S2. The molecule has 1 fully saturated rings. The quantitative estimate of drug-likeness (QED) is 0.641. The van der Waals surface area contributed by atoms with Crippen LogP contribution in [0.5, 0.6) is 5.75 Å². The monoisotopic (exact) mass is 394 g/mol. The number of hydrogen-bond acceptors (Lipinski definition) is 6. The van der Waals surface area contributed by atoms with Crippen LogP contribution >= 0.6 is 11.3 Å². The average molecular weight is 394 g/mol. The molecule has 0 radical (unpaired) electrons. The van der Waals surface area contributed by atoms with Crippen LogP contribution in [0.3, 0.4) is 0 Å². The van der Waals surface area contributed by atoms with Crippen molar-refractivity contribution in [1.29, 1.82) is 0 Å². The predicted octanol–water partition coefficient (Wildman–Crippen LogP) is 2.30. The van der Waals surface area contributed by atoms with Gasteiger partial charge in [-0.2, -0.15) is 4.31 Å². The van der Waals surface area contributed by atoms with Crippen molar-refractivity contribution in [2.75, 3.05) is 13.1 Å². The molecule has 0 atom stereocenters. The first-order valence-electron chi connectivity index (χ1n) is 7.85. The minimum Gasteiger partial charge on any atom is -0.487 e. The van der Waals surface area contributed by atoms with E-state index in [9.17, 15) is 12.8 Å². The average Bonchev–Trinajstić information content (AvgIpc) is 3.25. The number of halogens is 1. The van der Waals surface area contributed by atoms with Gasteiger partial charge in [0, 0.05) is 13.1 Å². The van der Waals surface area contributed by atoms with Crippen molar-refractivity contribution in [2.24, 2.45) is 0 Å². The van der Waals surface area contributed by atoms with E-state index in [1.54, 1.807) is 40.5 Å². The van der Waals surface area contributed by atoms with Gasteiger partial charge in [-0.25, -0.2) is 17.5 Å². The molecule has 0 amide bonds. The van der Waals surface area contributed by atoms with Gasteiger partial charge in [-0.1, -0.05) is 11.3 Å². The third-order valence-corrected chi connectivity index (χ3v) is 7.25. The summed E-state index contributed by atoms with van der Waals surface area (Å²) < 4.78 is 46.6. The second-order valence-corrected chi connectivity index (χ2v) is 8.95. The summed E-state index contributed by atoms with van der Waals surface area (Å²) in [6.07, 6.45) is 1.74. The summed E-state index contributed by atoms with van der Waals surface area (Å²) in [6.45, 7) is 0.930. The third-order valence-electron chi connectivity index (χ3n) is 4.05. The summed E-state index contributed by atoms with van der Waals surface area (Å²) in [6, 6.07) is 9.01. The highest BCUT2D eigenvalue weighted by Gasteiger charge is 2.38. The molecule has 136 valence electrons. The number of nitrogens with zero attached hydrogens (tertiary/aromatic N) is 4. The van der Waals surface area contributed by atoms with E-state index in [4.69, 9.17) is 4.74 Å². The highest BCUT2D eigenvalue weighted by atomic mass is 32.2. The predicted molar refractivity (Wildman–Crippen MR) is 92.9 cm³/mol. The zero-order chi connectivity index (χ0) is 18.1. The van der Waals surface area contributed by atoms with Gasteiger partial charge in [0.05, 0.1) is 12.2 Å². The Morgan fingerprint density at radius 3 is 2.69 bits per heavy atom. The Morgan fingerprint density at radius 2 is 2.00 bits per heavy atom. The van der Waals surface area contributed by atoms with Crippen molar-refractivity contribution < 1.29 is 17.5 Å². The van der Waals surface area contributed by atoms with E-state index in [2.05, 4.69) is 10.3 Å². The Morgan fingerprint density at radius 1 is 1.23 bits per heavy atom. The van der Waals surface area contributed by atoms with Crippen LogP contribution in [-0.2, 0) is 16.6 Å². The molecule has 0 spiro atoms. The van der Waals surface area contributed by atoms with Crippen LogP contribution < -0.4 is 4.74 Å². The normalized spacial score (nSPS) is 15.7. The maximum absolute atomic E-state index is 12.9. The van der Waals surface area contributed by atoms with Crippen molar-refractivity contribution in [2.45, 2.75) is 16.9 Å². The number of sulfonamides is 1. The van der Waals surface area contributed by atoms with Crippen LogP contribution in [0.2, 0.25) is 0 Å². The first-order chi connectivity index (χ1) is 12.5. The number of hydrogen-bond donors (Lipinski definition) is 0. The van der Waals surface area contributed by atoms with Gasteiger partial charge in [0.25, 0.3) is 10.0 Å². The zero-order valence-corrected chi connectivity index (χ0v) is 15.2. The number of thiophene rings is 1. The minimum absolute atomic E-state index is 0.0446. The van der Waals surface area contributed by atoms with Crippen molar-refractivity contribution in [1.82, 2.24) is 19.3 Å². The van der Waals surface area contributed by atoms with Crippen LogP contribution in [0.4, 0.5) is 4.39 Å². The van der Waals surface area contributed by atoms with Gasteiger partial charge >= 0.3 is 0 Å². The lowest BCUT2D eigenvalue weighted by molar-refractivity contribution is 0.189. The zero-order valence-electron chi connectivity index (χ0n) is 13.5. The first kappa shape index (κ1) is 17.1. The maximum atomic E-state index is 12.9. The van der Waals surface area contributed by atoms with E-state index < -0.39 is 10.0 Å². The number of ether oxygens (including phenoxy) is 1. The molecule has 7 nitrogen and oxygen atoms in total. The lowest BCUT2D eigenvalue weighted by Gasteiger charge is -2.37. The third kappa shape index (κ3) is 3.35. The van der Waals surface area contributed by atoms with E-state index in [0.29, 0.717) is 28.7 Å². The maximum Gasteiger partial charge on any atom is 0.252 e. The smallest absolute Gasteiger partial charge is 0.252 e. The molecule has 26 heavy (non-hydrogen) atoms. The molecule has 0 bridgehead atoms. The van der Waals surface area contributed by atoms with Gasteiger partial charge in [-0.05, 0) is 35.7 Å². The molecule has 0 N–H and O–H groups in total. The van der Waals surface area contributed by atoms with Crippen molar-refractivity contribution in [3.8, 4) is 5.75 Å². The van der Waals surface area contributed by atoms with Crippen molar-refractivity contribution >= 4 is 21.4 Å². The molecule has 0 unspecified atom stereocenters. The van der Waals surface area contributed by atoms with Gasteiger partial charge in [0.15, 0.2) is 0 Å². The molecule has 3 aromatic rings. The molecule has 1 saturated heterocycles. The second-order valence-electron chi connectivity index (χ2n) is 5.84. The molecule has 2 aromatic heterocycles. The largest absolute Gasteiger partial charge is 0.487 e. The topological polar surface area (TPSA) is 77.3 Å². The molecule has 1 aliphatic heterocycles. The van der Waals surface area contributed by atoms with Gasteiger partial charge in [-0.3, -0.25) is 0 Å². The Labute approximate surface area is 153 Å². The number of benzene rings is 1. The number of rotatable bonds is 6. The summed E-state index contributed by atoms with van der Waals surface area (Å²) in [4.78, 5) is 0. The Hall–Kier alpha value is -2.30. The van der Waals surface area contributed by atoms with Crippen LogP contribution in [0.15, 0.2) is 52.2 Å². The van der Waals surface area contributed by atoms with Crippen LogP contribution in [0, 0.1) is 5.82 Å². The van der Waals surface area contributed by atoms with Crippen LogP contribution in [0.1, 0.15) is 11.7 Å². The lowest BCUT2D eigenvalue weighted by atomic mass is 10.2. The van der Waals surface area contributed by atoms with Crippen LogP contribution in [-0.4, -0.2) is 40.8 Å². The molecule has 0 aliphatic carbocycles. The van der Waals surface area contributed by atoms with Crippen LogP contribution in [0.25, 0.3) is 0 Å². The Kier molecular flexibility index (Phi) is 4.47. The first-order valence-corrected chi connectivity index (χ1v) is 10.2. The van der Waals surface area contributed by atoms with Gasteiger partial charge in [-0.15, -0.1) is 16.4 Å². The highest BCUT2D eigenvalue weighted by Crippen LogP contribution is 2.29. The second kappa shape index (κ2) is 6.78. The van der Waals surface area contributed by atoms with E-state index in [0.717, 1.165) is 0 Å². The molecule has 10 heteroatoms. The number of aromatic nitrogens is 3. The van der Waals surface area contributed by atoms with Crippen molar-refractivity contribution in [3.63, 3.8) is 0 Å². The summed E-state index contributed by atoms with van der Waals surface area (Å²) in [5.74, 6) is 0.216. The minimum atomic E-state index is -3.41. The SMILES string of the molecule is O=S(=O)(c1cccs1)N1CC(n2cc(COc3ccc(F)cc3)nn2)C1. The standard InChI is InChI=1S/C16H15FN4O3S2/c17-12-3-5-15(6-4-12)24-11-13-8-21(19-18-13)14-9-20(10-14)26(22,23)16-2-1-7-25-16/h1-8,14H,9-11H2. The fraction of sp³-hybridized carbons (Fsp3) is 0.250. The molecule has 4 rings (SSSR count). The Bertz CT molecular complexity index is 981. The summed E-state index contributed by atoms with van der Waals surface area (Å²) in [7, 11) is -3.41. The molecular weight excluding hydrogens is 379 g/mol. The summed E-state index contributed by atoms with van der Waals surface area (Å²) in [5, 5.41) is 9.83. The van der Waals surface area contributed by atoms with E-state index in [1.807, 2.05) is 0 Å².